The summed E-state index contributed by atoms with van der Waals surface area (Å²) in [6, 6.07) is 6.21. The maximum atomic E-state index is 10.7. The van der Waals surface area contributed by atoms with Gasteiger partial charge < -0.3 is 9.84 Å². The number of rotatable bonds is 4. The van der Waals surface area contributed by atoms with Crippen LogP contribution in [0.3, 0.4) is 0 Å². The van der Waals surface area contributed by atoms with Gasteiger partial charge >= 0.3 is 5.97 Å². The highest BCUT2D eigenvalue weighted by Crippen LogP contribution is 2.21. The van der Waals surface area contributed by atoms with Crippen molar-refractivity contribution in [2.24, 2.45) is 7.05 Å². The molecule has 100 valence electrons. The Morgan fingerprint density at radius 1 is 1.42 bits per heavy atom. The van der Waals surface area contributed by atoms with E-state index >= 15 is 0 Å². The molecule has 1 N–H and O–H groups in total. The van der Waals surface area contributed by atoms with Crippen LogP contribution in [0.4, 0.5) is 0 Å². The molecular weight excluding hydrogens is 268 g/mol. The lowest BCUT2D eigenvalue weighted by molar-refractivity contribution is 0.0697. The number of aryl methyl sites for hydroxylation is 2. The second-order valence-electron chi connectivity index (χ2n) is 4.09. The highest BCUT2D eigenvalue weighted by atomic mass is 35.5. The maximum Gasteiger partial charge on any atom is 0.335 e. The fraction of sp³-hybridized carbons (Fsp3) is 0.231. The second-order valence-corrected chi connectivity index (χ2v) is 4.47. The Kier molecular flexibility index (Phi) is 3.76. The molecule has 0 unspecified atom stereocenters. The van der Waals surface area contributed by atoms with Crippen LogP contribution in [-0.2, 0) is 13.7 Å². The molecule has 19 heavy (non-hydrogen) atoms. The molecule has 0 spiro atoms. The van der Waals surface area contributed by atoms with Crippen molar-refractivity contribution >= 4 is 17.6 Å². The van der Waals surface area contributed by atoms with Gasteiger partial charge in [-0.05, 0) is 31.2 Å². The summed E-state index contributed by atoms with van der Waals surface area (Å²) in [5.74, 6) is -0.378. The van der Waals surface area contributed by atoms with E-state index in [0.717, 1.165) is 11.4 Å². The van der Waals surface area contributed by atoms with Crippen LogP contribution in [-0.4, -0.2) is 20.9 Å². The van der Waals surface area contributed by atoms with Crippen molar-refractivity contribution in [3.63, 3.8) is 0 Å². The van der Waals surface area contributed by atoms with Crippen molar-refractivity contribution in [2.45, 2.75) is 13.5 Å². The lowest BCUT2D eigenvalue weighted by Gasteiger charge is -2.07. The molecule has 0 amide bonds. The van der Waals surface area contributed by atoms with Crippen molar-refractivity contribution in [3.8, 4) is 5.75 Å². The molecule has 0 saturated carbocycles. The molecule has 0 aliphatic carbocycles. The molecule has 0 atom stereocenters. The SMILES string of the molecule is Cc1nn(C)c(COc2ccc(C(=O)O)cc2)c1Cl. The van der Waals surface area contributed by atoms with Crippen molar-refractivity contribution in [3.05, 3.63) is 46.2 Å². The van der Waals surface area contributed by atoms with E-state index in [4.69, 9.17) is 21.4 Å². The molecule has 6 heteroatoms. The number of hydrogen-bond acceptors (Lipinski definition) is 3. The summed E-state index contributed by atoms with van der Waals surface area (Å²) >= 11 is 6.11. The van der Waals surface area contributed by atoms with E-state index in [2.05, 4.69) is 5.10 Å². The van der Waals surface area contributed by atoms with E-state index < -0.39 is 5.97 Å². The van der Waals surface area contributed by atoms with Crippen molar-refractivity contribution in [2.75, 3.05) is 0 Å². The zero-order valence-corrected chi connectivity index (χ0v) is 11.3. The smallest absolute Gasteiger partial charge is 0.335 e. The van der Waals surface area contributed by atoms with Crippen molar-refractivity contribution in [1.82, 2.24) is 9.78 Å². The Balaban J connectivity index is 2.08. The van der Waals surface area contributed by atoms with Crippen LogP contribution in [0.15, 0.2) is 24.3 Å². The average molecular weight is 281 g/mol. The summed E-state index contributed by atoms with van der Waals surface area (Å²) in [5.41, 5.74) is 1.76. The molecule has 1 aromatic heterocycles. The molecule has 1 aromatic carbocycles. The first-order chi connectivity index (χ1) is 8.99. The number of carboxylic acids is 1. The van der Waals surface area contributed by atoms with Gasteiger partial charge in [0.25, 0.3) is 0 Å². The largest absolute Gasteiger partial charge is 0.487 e. The van der Waals surface area contributed by atoms with E-state index in [9.17, 15) is 4.79 Å². The van der Waals surface area contributed by atoms with Gasteiger partial charge in [0.2, 0.25) is 0 Å². The van der Waals surface area contributed by atoms with Crippen LogP contribution in [0.5, 0.6) is 5.75 Å². The number of carboxylic acid groups (broad SMARTS) is 1. The van der Waals surface area contributed by atoms with Gasteiger partial charge in [-0.3, -0.25) is 4.68 Å². The molecule has 0 aliphatic heterocycles. The maximum absolute atomic E-state index is 10.7. The van der Waals surface area contributed by atoms with E-state index in [0.29, 0.717) is 10.8 Å². The molecular formula is C13H13ClN2O3. The van der Waals surface area contributed by atoms with Gasteiger partial charge in [0.05, 0.1) is 22.0 Å². The standard InChI is InChI=1S/C13H13ClN2O3/c1-8-12(14)11(16(2)15-8)7-19-10-5-3-9(4-6-10)13(17)18/h3-6H,7H2,1-2H3,(H,17,18). The summed E-state index contributed by atoms with van der Waals surface area (Å²) < 4.78 is 7.23. The van der Waals surface area contributed by atoms with E-state index in [-0.39, 0.29) is 12.2 Å². The third-order valence-corrected chi connectivity index (χ3v) is 3.23. The van der Waals surface area contributed by atoms with Gasteiger partial charge in [-0.25, -0.2) is 4.79 Å². The number of nitrogens with zero attached hydrogens (tertiary/aromatic N) is 2. The summed E-state index contributed by atoms with van der Waals surface area (Å²) in [6.07, 6.45) is 0. The van der Waals surface area contributed by atoms with Crippen LogP contribution in [0.2, 0.25) is 5.02 Å². The highest BCUT2D eigenvalue weighted by Gasteiger charge is 2.11. The minimum Gasteiger partial charge on any atom is -0.487 e. The lowest BCUT2D eigenvalue weighted by Crippen LogP contribution is -2.04. The minimum absolute atomic E-state index is 0.224. The number of hydrogen-bond donors (Lipinski definition) is 1. The number of benzene rings is 1. The fourth-order valence-electron chi connectivity index (χ4n) is 1.68. The Hall–Kier alpha value is -2.01. The predicted molar refractivity (Wildman–Crippen MR) is 70.7 cm³/mol. The summed E-state index contributed by atoms with van der Waals surface area (Å²) in [4.78, 5) is 10.7. The molecule has 2 rings (SSSR count). The first-order valence-corrected chi connectivity index (χ1v) is 6.01. The highest BCUT2D eigenvalue weighted by molar-refractivity contribution is 6.31. The van der Waals surface area contributed by atoms with Gasteiger partial charge in [-0.2, -0.15) is 5.10 Å². The zero-order chi connectivity index (χ0) is 14.0. The van der Waals surface area contributed by atoms with Crippen LogP contribution in [0.1, 0.15) is 21.7 Å². The molecule has 5 nitrogen and oxygen atoms in total. The Labute approximate surface area is 115 Å². The minimum atomic E-state index is -0.961. The van der Waals surface area contributed by atoms with Gasteiger partial charge in [-0.1, -0.05) is 11.6 Å². The normalized spacial score (nSPS) is 10.5. The van der Waals surface area contributed by atoms with Crippen LogP contribution in [0.25, 0.3) is 0 Å². The predicted octanol–water partition coefficient (Wildman–Crippen LogP) is 2.66. The zero-order valence-electron chi connectivity index (χ0n) is 10.6. The summed E-state index contributed by atoms with van der Waals surface area (Å²) in [6.45, 7) is 2.11. The summed E-state index contributed by atoms with van der Waals surface area (Å²) in [7, 11) is 1.80. The number of aromatic nitrogens is 2. The third kappa shape index (κ3) is 2.88. The number of aromatic carboxylic acids is 1. The van der Waals surface area contributed by atoms with Gasteiger partial charge in [0.1, 0.15) is 12.4 Å². The Bertz CT molecular complexity index is 605. The van der Waals surface area contributed by atoms with Gasteiger partial charge in [0.15, 0.2) is 0 Å². The topological polar surface area (TPSA) is 64.4 Å². The third-order valence-electron chi connectivity index (χ3n) is 2.74. The Morgan fingerprint density at radius 3 is 2.53 bits per heavy atom. The number of ether oxygens (including phenoxy) is 1. The molecule has 0 bridgehead atoms. The molecule has 0 radical (unpaired) electrons. The average Bonchev–Trinajstić information content (AvgIpc) is 2.62. The van der Waals surface area contributed by atoms with Crippen molar-refractivity contribution in [1.29, 1.82) is 0 Å². The molecule has 0 aliphatic rings. The lowest BCUT2D eigenvalue weighted by atomic mass is 10.2. The fourth-order valence-corrected chi connectivity index (χ4v) is 1.90. The van der Waals surface area contributed by atoms with Crippen molar-refractivity contribution < 1.29 is 14.6 Å². The monoisotopic (exact) mass is 280 g/mol. The first kappa shape index (κ1) is 13.4. The van der Waals surface area contributed by atoms with E-state index in [1.165, 1.54) is 12.1 Å². The quantitative estimate of drug-likeness (QED) is 0.935. The molecule has 2 aromatic rings. The van der Waals surface area contributed by atoms with Crippen LogP contribution < -0.4 is 4.74 Å². The van der Waals surface area contributed by atoms with E-state index in [1.54, 1.807) is 23.9 Å². The first-order valence-electron chi connectivity index (χ1n) is 5.63. The van der Waals surface area contributed by atoms with Crippen LogP contribution >= 0.6 is 11.6 Å². The molecule has 0 fully saturated rings. The van der Waals surface area contributed by atoms with Gasteiger partial charge in [0, 0.05) is 7.05 Å². The Morgan fingerprint density at radius 2 is 2.05 bits per heavy atom. The van der Waals surface area contributed by atoms with Gasteiger partial charge in [-0.15, -0.1) is 0 Å². The second kappa shape index (κ2) is 5.32. The number of carbonyl (C=O) groups is 1. The van der Waals surface area contributed by atoms with Crippen LogP contribution in [0, 0.1) is 6.92 Å². The van der Waals surface area contributed by atoms with E-state index in [1.807, 2.05) is 6.92 Å². The molecule has 1 heterocycles. The molecule has 0 saturated heterocycles. The summed E-state index contributed by atoms with van der Waals surface area (Å²) in [5, 5.41) is 13.6. The number of halogens is 1.